The molecule has 0 radical (unpaired) electrons. The molecule has 2 N–H and O–H groups in total. The highest BCUT2D eigenvalue weighted by atomic mass is 16.5. The van der Waals surface area contributed by atoms with Crippen molar-refractivity contribution in [3.63, 3.8) is 0 Å². The van der Waals surface area contributed by atoms with Crippen molar-refractivity contribution in [1.82, 2.24) is 10.5 Å². The summed E-state index contributed by atoms with van der Waals surface area (Å²) in [5.74, 6) is -1.15. The number of carboxylic acid groups (broad SMARTS) is 1. The minimum absolute atomic E-state index is 0.0723. The number of hydrogen-bond acceptors (Lipinski definition) is 5. The minimum Gasteiger partial charge on any atom is -0.479 e. The quantitative estimate of drug-likeness (QED) is 0.886. The van der Waals surface area contributed by atoms with Crippen molar-refractivity contribution in [2.24, 2.45) is 0 Å². The fraction of sp³-hybridized carbons (Fsp3) is 0.312. The molecule has 7 nitrogen and oxygen atoms in total. The molecule has 1 aliphatic heterocycles. The predicted octanol–water partition coefficient (Wildman–Crippen LogP) is 1.48. The van der Waals surface area contributed by atoms with E-state index in [1.54, 1.807) is 30.3 Å². The Morgan fingerprint density at radius 3 is 2.74 bits per heavy atom. The van der Waals surface area contributed by atoms with Gasteiger partial charge in [-0.05, 0) is 12.5 Å². The van der Waals surface area contributed by atoms with Gasteiger partial charge in [0.2, 0.25) is 0 Å². The number of aromatic nitrogens is 1. The van der Waals surface area contributed by atoms with Gasteiger partial charge in [0, 0.05) is 6.42 Å². The number of aliphatic carboxylic acids is 1. The van der Waals surface area contributed by atoms with Crippen molar-refractivity contribution in [3.8, 4) is 0 Å². The van der Waals surface area contributed by atoms with E-state index in [4.69, 9.17) is 9.26 Å². The van der Waals surface area contributed by atoms with E-state index in [1.165, 1.54) is 6.92 Å². The van der Waals surface area contributed by atoms with Gasteiger partial charge >= 0.3 is 5.97 Å². The Labute approximate surface area is 132 Å². The average molecular weight is 316 g/mol. The van der Waals surface area contributed by atoms with Crippen LogP contribution in [-0.2, 0) is 28.1 Å². The molecular formula is C16H16N2O5. The lowest BCUT2D eigenvalue weighted by molar-refractivity contribution is -0.144. The summed E-state index contributed by atoms with van der Waals surface area (Å²) >= 11 is 0. The Kier molecular flexibility index (Phi) is 3.87. The molecule has 1 atom stereocenters. The van der Waals surface area contributed by atoms with Crippen LogP contribution >= 0.6 is 0 Å². The Morgan fingerprint density at radius 2 is 2.04 bits per heavy atom. The number of nitrogens with zero attached hydrogens (tertiary/aromatic N) is 1. The van der Waals surface area contributed by atoms with Crippen LogP contribution in [0.4, 0.5) is 0 Å². The third kappa shape index (κ3) is 2.70. The van der Waals surface area contributed by atoms with E-state index in [1.807, 2.05) is 0 Å². The number of carbonyl (C=O) groups is 2. The van der Waals surface area contributed by atoms with Crippen LogP contribution in [-0.4, -0.2) is 28.7 Å². The zero-order valence-electron chi connectivity index (χ0n) is 12.5. The van der Waals surface area contributed by atoms with Crippen LogP contribution < -0.4 is 5.32 Å². The van der Waals surface area contributed by atoms with Gasteiger partial charge in [-0.3, -0.25) is 4.79 Å². The molecule has 1 amide bonds. The standard InChI is InChI=1S/C16H16N2O5/c1-16(15(20)21,10-5-3-2-4-6-10)17-14(19)13-11-9-22-8-7-12(11)23-18-13/h2-6H,7-9H2,1H3,(H,17,19)(H,20,21). The number of carbonyl (C=O) groups excluding carboxylic acids is 1. The Morgan fingerprint density at radius 1 is 1.30 bits per heavy atom. The molecule has 1 unspecified atom stereocenters. The largest absolute Gasteiger partial charge is 0.479 e. The molecule has 23 heavy (non-hydrogen) atoms. The van der Waals surface area contributed by atoms with E-state index in [-0.39, 0.29) is 12.3 Å². The molecule has 120 valence electrons. The van der Waals surface area contributed by atoms with Gasteiger partial charge in [0.1, 0.15) is 5.76 Å². The fourth-order valence-corrected chi connectivity index (χ4v) is 2.51. The molecule has 1 aliphatic rings. The van der Waals surface area contributed by atoms with Gasteiger partial charge in [-0.2, -0.15) is 0 Å². The molecule has 0 saturated heterocycles. The molecular weight excluding hydrogens is 300 g/mol. The van der Waals surface area contributed by atoms with Gasteiger partial charge in [-0.15, -0.1) is 0 Å². The molecule has 7 heteroatoms. The van der Waals surface area contributed by atoms with Crippen molar-refractivity contribution in [2.45, 2.75) is 25.5 Å². The zero-order valence-corrected chi connectivity index (χ0v) is 12.5. The first-order valence-electron chi connectivity index (χ1n) is 7.19. The van der Waals surface area contributed by atoms with E-state index in [9.17, 15) is 14.7 Å². The summed E-state index contributed by atoms with van der Waals surface area (Å²) < 4.78 is 10.5. The number of ether oxygens (including phenoxy) is 1. The zero-order chi connectivity index (χ0) is 16.4. The van der Waals surface area contributed by atoms with Crippen molar-refractivity contribution in [3.05, 3.63) is 52.9 Å². The Balaban J connectivity index is 1.91. The minimum atomic E-state index is -1.57. The lowest BCUT2D eigenvalue weighted by atomic mass is 9.91. The van der Waals surface area contributed by atoms with Crippen molar-refractivity contribution in [2.75, 3.05) is 6.61 Å². The van der Waals surface area contributed by atoms with E-state index in [0.29, 0.717) is 29.9 Å². The van der Waals surface area contributed by atoms with Crippen molar-refractivity contribution in [1.29, 1.82) is 0 Å². The maximum Gasteiger partial charge on any atom is 0.333 e. The first kappa shape index (κ1) is 15.2. The summed E-state index contributed by atoms with van der Waals surface area (Å²) in [5, 5.41) is 15.9. The van der Waals surface area contributed by atoms with E-state index >= 15 is 0 Å². The highest BCUT2D eigenvalue weighted by molar-refractivity contribution is 5.97. The van der Waals surface area contributed by atoms with E-state index in [0.717, 1.165) is 0 Å². The molecule has 0 saturated carbocycles. The summed E-state index contributed by atoms with van der Waals surface area (Å²) in [6.45, 7) is 2.18. The number of amides is 1. The second kappa shape index (κ2) is 5.85. The smallest absolute Gasteiger partial charge is 0.333 e. The van der Waals surface area contributed by atoms with Crippen LogP contribution in [0.2, 0.25) is 0 Å². The van der Waals surface area contributed by atoms with Crippen LogP contribution in [0.3, 0.4) is 0 Å². The molecule has 1 aromatic heterocycles. The topological polar surface area (TPSA) is 102 Å². The van der Waals surface area contributed by atoms with Gasteiger partial charge in [-0.25, -0.2) is 4.79 Å². The monoisotopic (exact) mass is 316 g/mol. The number of nitrogens with one attached hydrogen (secondary N) is 1. The normalized spacial score (nSPS) is 16.2. The third-order valence-corrected chi connectivity index (χ3v) is 3.95. The summed E-state index contributed by atoms with van der Waals surface area (Å²) in [7, 11) is 0. The Bertz CT molecular complexity index is 740. The van der Waals surface area contributed by atoms with Gasteiger partial charge in [0.25, 0.3) is 5.91 Å². The van der Waals surface area contributed by atoms with Crippen LogP contribution in [0, 0.1) is 0 Å². The van der Waals surface area contributed by atoms with Gasteiger partial charge in [-0.1, -0.05) is 35.5 Å². The first-order valence-corrected chi connectivity index (χ1v) is 7.19. The number of carboxylic acids is 1. The molecule has 0 fully saturated rings. The van der Waals surface area contributed by atoms with Gasteiger partial charge in [0.15, 0.2) is 11.2 Å². The highest BCUT2D eigenvalue weighted by Crippen LogP contribution is 2.24. The van der Waals surface area contributed by atoms with E-state index < -0.39 is 17.4 Å². The molecule has 0 spiro atoms. The third-order valence-electron chi connectivity index (χ3n) is 3.95. The summed E-state index contributed by atoms with van der Waals surface area (Å²) in [6, 6.07) is 8.51. The lowest BCUT2D eigenvalue weighted by Gasteiger charge is -2.26. The van der Waals surface area contributed by atoms with E-state index in [2.05, 4.69) is 10.5 Å². The summed E-state index contributed by atoms with van der Waals surface area (Å²) in [4.78, 5) is 24.3. The number of rotatable bonds is 4. The molecule has 0 aliphatic carbocycles. The number of benzene rings is 1. The van der Waals surface area contributed by atoms with Crippen molar-refractivity contribution < 1.29 is 24.0 Å². The second-order valence-corrected chi connectivity index (χ2v) is 5.49. The molecule has 2 aromatic rings. The van der Waals surface area contributed by atoms with Crippen LogP contribution in [0.25, 0.3) is 0 Å². The highest BCUT2D eigenvalue weighted by Gasteiger charge is 2.38. The summed E-state index contributed by atoms with van der Waals surface area (Å²) in [6.07, 6.45) is 0.546. The maximum atomic E-state index is 12.5. The molecule has 2 heterocycles. The van der Waals surface area contributed by atoms with Gasteiger partial charge in [0.05, 0.1) is 18.8 Å². The Hall–Kier alpha value is -2.67. The SMILES string of the molecule is CC(NC(=O)c1noc2c1COCC2)(C(=O)O)c1ccccc1. The first-order chi connectivity index (χ1) is 11.0. The molecule has 0 bridgehead atoms. The number of hydrogen-bond donors (Lipinski definition) is 2. The predicted molar refractivity (Wildman–Crippen MR) is 78.8 cm³/mol. The summed E-state index contributed by atoms with van der Waals surface area (Å²) in [5.41, 5.74) is -0.452. The number of fused-ring (bicyclic) bond motifs is 1. The van der Waals surface area contributed by atoms with Crippen LogP contribution in [0.5, 0.6) is 0 Å². The molecule has 1 aromatic carbocycles. The fourth-order valence-electron chi connectivity index (χ4n) is 2.51. The maximum absolute atomic E-state index is 12.5. The lowest BCUT2D eigenvalue weighted by Crippen LogP contribution is -2.49. The average Bonchev–Trinajstić information content (AvgIpc) is 2.99. The van der Waals surface area contributed by atoms with Crippen LogP contribution in [0.1, 0.15) is 34.3 Å². The van der Waals surface area contributed by atoms with Crippen molar-refractivity contribution >= 4 is 11.9 Å². The second-order valence-electron chi connectivity index (χ2n) is 5.49. The molecule has 3 rings (SSSR count). The van der Waals surface area contributed by atoms with Gasteiger partial charge < -0.3 is 19.7 Å². The van der Waals surface area contributed by atoms with Crippen LogP contribution in [0.15, 0.2) is 34.9 Å².